The first kappa shape index (κ1) is 16.9. The van der Waals surface area contributed by atoms with Crippen molar-refractivity contribution < 1.29 is 14.7 Å². The summed E-state index contributed by atoms with van der Waals surface area (Å²) < 4.78 is 5.32. The molecule has 0 spiro atoms. The van der Waals surface area contributed by atoms with Crippen LogP contribution in [0.2, 0.25) is 0 Å². The Kier molecular flexibility index (Phi) is 4.82. The number of aromatic amines is 1. The monoisotopic (exact) mass is 352 g/mol. The van der Waals surface area contributed by atoms with Crippen molar-refractivity contribution in [2.75, 3.05) is 44.7 Å². The van der Waals surface area contributed by atoms with E-state index in [9.17, 15) is 5.11 Å². The van der Waals surface area contributed by atoms with Gasteiger partial charge in [-0.1, -0.05) is 18.2 Å². The van der Waals surface area contributed by atoms with E-state index in [-0.39, 0.29) is 0 Å². The van der Waals surface area contributed by atoms with E-state index in [1.165, 1.54) is 10.6 Å². The molecule has 136 valence electrons. The maximum atomic E-state index is 10.8. The Bertz CT molecular complexity index is 854. The molecule has 0 saturated carbocycles. The second-order valence-electron chi connectivity index (χ2n) is 6.95. The Hall–Kier alpha value is -2.50. The third-order valence-corrected chi connectivity index (χ3v) is 5.35. The normalized spacial score (nSPS) is 16.8. The van der Waals surface area contributed by atoms with Crippen LogP contribution in [0.25, 0.3) is 10.9 Å². The van der Waals surface area contributed by atoms with Crippen LogP contribution in [0.4, 0.5) is 5.69 Å². The van der Waals surface area contributed by atoms with Gasteiger partial charge in [0.2, 0.25) is 0 Å². The molecular formula is C21H26N3O2+. The van der Waals surface area contributed by atoms with Crippen molar-refractivity contribution in [3.05, 3.63) is 60.3 Å². The number of para-hydroxylation sites is 1. The molecule has 0 unspecified atom stereocenters. The van der Waals surface area contributed by atoms with Gasteiger partial charge in [0.15, 0.2) is 0 Å². The summed E-state index contributed by atoms with van der Waals surface area (Å²) in [5.41, 5.74) is 3.27. The number of anilines is 1. The van der Waals surface area contributed by atoms with Crippen LogP contribution in [-0.4, -0.2) is 49.9 Å². The second kappa shape index (κ2) is 7.40. The Morgan fingerprint density at radius 3 is 2.65 bits per heavy atom. The van der Waals surface area contributed by atoms with Gasteiger partial charge in [0, 0.05) is 28.4 Å². The highest BCUT2D eigenvalue weighted by molar-refractivity contribution is 5.85. The zero-order chi connectivity index (χ0) is 17.9. The topological polar surface area (TPSA) is 52.9 Å². The summed E-state index contributed by atoms with van der Waals surface area (Å²) in [5.74, 6) is 0.814. The van der Waals surface area contributed by atoms with Crippen molar-refractivity contribution in [2.24, 2.45) is 0 Å². The Labute approximate surface area is 153 Å². The lowest BCUT2D eigenvalue weighted by Gasteiger charge is -2.34. The third kappa shape index (κ3) is 3.41. The molecule has 1 aliphatic rings. The van der Waals surface area contributed by atoms with E-state index < -0.39 is 6.10 Å². The number of aliphatic hydroxyl groups is 1. The largest absolute Gasteiger partial charge is 0.497 e. The number of H-pyrrole nitrogens is 1. The molecule has 1 saturated heterocycles. The summed E-state index contributed by atoms with van der Waals surface area (Å²) in [6.45, 7) is 4.85. The number of nitrogens with one attached hydrogen (secondary N) is 2. The number of methoxy groups -OCH3 is 1. The van der Waals surface area contributed by atoms with Crippen LogP contribution in [0.15, 0.2) is 54.7 Å². The van der Waals surface area contributed by atoms with Gasteiger partial charge in [-0.25, -0.2) is 0 Å². The van der Waals surface area contributed by atoms with Crippen molar-refractivity contribution in [3.63, 3.8) is 0 Å². The average molecular weight is 352 g/mol. The standard InChI is InChI=1S/C21H25N3O2/c1-26-17-7-8-20-18(13-17)19(14-22-20)21(25)15-23-9-11-24(12-10-23)16-5-3-2-4-6-16/h2-8,13-14,21-22,25H,9-12,15H2,1H3/p+1/t21-/m0/s1. The minimum absolute atomic E-state index is 0.478. The van der Waals surface area contributed by atoms with Crippen LogP contribution in [0, 0.1) is 0 Å². The number of aromatic nitrogens is 1. The van der Waals surface area contributed by atoms with Gasteiger partial charge in [-0.3, -0.25) is 0 Å². The number of ether oxygens (including phenoxy) is 1. The first-order valence-electron chi connectivity index (χ1n) is 9.21. The van der Waals surface area contributed by atoms with E-state index in [1.807, 2.05) is 24.4 Å². The lowest BCUT2D eigenvalue weighted by molar-refractivity contribution is -0.904. The fourth-order valence-electron chi connectivity index (χ4n) is 3.83. The van der Waals surface area contributed by atoms with E-state index in [2.05, 4.69) is 40.2 Å². The molecule has 0 bridgehead atoms. The van der Waals surface area contributed by atoms with Gasteiger partial charge in [0.25, 0.3) is 0 Å². The molecule has 3 N–H and O–H groups in total. The lowest BCUT2D eigenvalue weighted by atomic mass is 10.1. The van der Waals surface area contributed by atoms with E-state index >= 15 is 0 Å². The van der Waals surface area contributed by atoms with Crippen molar-refractivity contribution in [1.82, 2.24) is 4.98 Å². The van der Waals surface area contributed by atoms with E-state index in [1.54, 1.807) is 7.11 Å². The molecule has 4 rings (SSSR count). The molecule has 0 radical (unpaired) electrons. The zero-order valence-corrected chi connectivity index (χ0v) is 15.1. The maximum Gasteiger partial charge on any atom is 0.130 e. The highest BCUT2D eigenvalue weighted by Gasteiger charge is 2.24. The number of nitrogens with zero attached hydrogens (tertiary/aromatic N) is 1. The fourth-order valence-corrected chi connectivity index (χ4v) is 3.83. The number of fused-ring (bicyclic) bond motifs is 1. The van der Waals surface area contributed by atoms with E-state index in [0.29, 0.717) is 0 Å². The summed E-state index contributed by atoms with van der Waals surface area (Å²) in [4.78, 5) is 7.12. The highest BCUT2D eigenvalue weighted by Crippen LogP contribution is 2.27. The van der Waals surface area contributed by atoms with Gasteiger partial charge in [0.1, 0.15) is 18.4 Å². The van der Waals surface area contributed by atoms with Crippen molar-refractivity contribution >= 4 is 16.6 Å². The van der Waals surface area contributed by atoms with Crippen LogP contribution in [0.1, 0.15) is 11.7 Å². The molecule has 1 atom stereocenters. The minimum Gasteiger partial charge on any atom is -0.497 e. The Balaban J connectivity index is 1.41. The Morgan fingerprint density at radius 1 is 1.15 bits per heavy atom. The summed E-state index contributed by atoms with van der Waals surface area (Å²) in [6.07, 6.45) is 1.45. The van der Waals surface area contributed by atoms with Crippen molar-refractivity contribution in [2.45, 2.75) is 6.10 Å². The predicted octanol–water partition coefficient (Wildman–Crippen LogP) is 1.61. The molecule has 5 nitrogen and oxygen atoms in total. The molecular weight excluding hydrogens is 326 g/mol. The van der Waals surface area contributed by atoms with Crippen LogP contribution in [0.3, 0.4) is 0 Å². The summed E-state index contributed by atoms with van der Waals surface area (Å²) in [7, 11) is 1.67. The average Bonchev–Trinajstić information content (AvgIpc) is 3.12. The van der Waals surface area contributed by atoms with Crippen molar-refractivity contribution in [1.29, 1.82) is 0 Å². The molecule has 26 heavy (non-hydrogen) atoms. The first-order valence-corrected chi connectivity index (χ1v) is 9.21. The molecule has 2 aromatic carbocycles. The summed E-state index contributed by atoms with van der Waals surface area (Å²) >= 11 is 0. The number of quaternary nitrogens is 1. The van der Waals surface area contributed by atoms with Crippen molar-refractivity contribution in [3.8, 4) is 5.75 Å². The molecule has 1 fully saturated rings. The third-order valence-electron chi connectivity index (χ3n) is 5.35. The van der Waals surface area contributed by atoms with E-state index in [4.69, 9.17) is 4.74 Å². The van der Waals surface area contributed by atoms with Crippen LogP contribution >= 0.6 is 0 Å². The number of rotatable bonds is 5. The van der Waals surface area contributed by atoms with E-state index in [0.717, 1.165) is 54.9 Å². The number of piperazine rings is 1. The van der Waals surface area contributed by atoms with Gasteiger partial charge in [0.05, 0.1) is 33.3 Å². The highest BCUT2D eigenvalue weighted by atomic mass is 16.5. The quantitative estimate of drug-likeness (QED) is 0.654. The van der Waals surface area contributed by atoms with Crippen LogP contribution in [0.5, 0.6) is 5.75 Å². The summed E-state index contributed by atoms with van der Waals surface area (Å²) in [6, 6.07) is 16.5. The molecule has 0 amide bonds. The number of hydrogen-bond acceptors (Lipinski definition) is 3. The maximum absolute atomic E-state index is 10.8. The van der Waals surface area contributed by atoms with Gasteiger partial charge in [-0.2, -0.15) is 0 Å². The van der Waals surface area contributed by atoms with Crippen LogP contribution < -0.4 is 14.5 Å². The van der Waals surface area contributed by atoms with Gasteiger partial charge < -0.3 is 24.6 Å². The Morgan fingerprint density at radius 2 is 1.92 bits per heavy atom. The zero-order valence-electron chi connectivity index (χ0n) is 15.1. The van der Waals surface area contributed by atoms with Gasteiger partial charge >= 0.3 is 0 Å². The molecule has 3 aromatic rings. The number of hydrogen-bond donors (Lipinski definition) is 3. The molecule has 1 aromatic heterocycles. The number of aliphatic hydroxyl groups excluding tert-OH is 1. The van der Waals surface area contributed by atoms with Crippen LogP contribution in [-0.2, 0) is 0 Å². The smallest absolute Gasteiger partial charge is 0.130 e. The predicted molar refractivity (Wildman–Crippen MR) is 104 cm³/mol. The fraction of sp³-hybridized carbons (Fsp3) is 0.333. The molecule has 0 aliphatic carbocycles. The van der Waals surface area contributed by atoms with Gasteiger partial charge in [-0.15, -0.1) is 0 Å². The SMILES string of the molecule is COc1ccc2[nH]cc([C@@H](O)C[NH+]3CCN(c4ccccc4)CC3)c2c1. The van der Waals surface area contributed by atoms with Gasteiger partial charge in [-0.05, 0) is 30.3 Å². The molecule has 2 heterocycles. The second-order valence-corrected chi connectivity index (χ2v) is 6.95. The minimum atomic E-state index is -0.478. The first-order chi connectivity index (χ1) is 12.7. The molecule has 5 heteroatoms. The molecule has 1 aliphatic heterocycles. The lowest BCUT2D eigenvalue weighted by Crippen LogP contribution is -3.15. The number of benzene rings is 2. The summed E-state index contributed by atoms with van der Waals surface area (Å²) in [5, 5.41) is 11.9.